The molecule has 0 atom stereocenters. The van der Waals surface area contributed by atoms with Crippen LogP contribution in [0.15, 0.2) is 47.4 Å². The molecule has 0 spiro atoms. The van der Waals surface area contributed by atoms with Gasteiger partial charge in [-0.15, -0.1) is 11.8 Å². The van der Waals surface area contributed by atoms with Crippen molar-refractivity contribution in [1.82, 2.24) is 0 Å². The first-order valence-corrected chi connectivity index (χ1v) is 11.4. The summed E-state index contributed by atoms with van der Waals surface area (Å²) < 4.78 is 11.0. The first kappa shape index (κ1) is 20.6. The Balaban J connectivity index is 1.28. The van der Waals surface area contributed by atoms with Crippen molar-refractivity contribution in [2.45, 2.75) is 37.0 Å². The molecule has 7 heteroatoms. The van der Waals surface area contributed by atoms with Crippen molar-refractivity contribution in [2.24, 2.45) is 5.92 Å². The molecule has 2 aromatic carbocycles. The lowest BCUT2D eigenvalue weighted by Crippen LogP contribution is -2.24. The smallest absolute Gasteiger partial charge is 0.234 e. The summed E-state index contributed by atoms with van der Waals surface area (Å²) in [6.07, 6.45) is 5.43. The summed E-state index contributed by atoms with van der Waals surface area (Å²) in [6.45, 7) is 1.05. The van der Waals surface area contributed by atoms with Crippen LogP contribution in [0.4, 0.5) is 11.4 Å². The topological polar surface area (TPSA) is 76.7 Å². The van der Waals surface area contributed by atoms with Crippen LogP contribution >= 0.6 is 11.8 Å². The molecule has 1 fully saturated rings. The highest BCUT2D eigenvalue weighted by molar-refractivity contribution is 8.00. The number of carbonyl (C=O) groups is 2. The average molecular weight is 427 g/mol. The molecule has 0 unspecified atom stereocenters. The normalized spacial score (nSPS) is 16.0. The summed E-state index contributed by atoms with van der Waals surface area (Å²) >= 11 is 1.43. The Bertz CT molecular complexity index is 912. The van der Waals surface area contributed by atoms with Gasteiger partial charge in [-0.2, -0.15) is 0 Å². The molecular formula is C23H26N2O4S. The number of nitrogens with one attached hydrogen (secondary N) is 2. The largest absolute Gasteiger partial charge is 0.486 e. The molecular weight excluding hydrogens is 400 g/mol. The van der Waals surface area contributed by atoms with Crippen molar-refractivity contribution >= 4 is 35.0 Å². The molecule has 0 radical (unpaired) electrons. The number of amides is 2. The number of carbonyl (C=O) groups excluding carboxylic acids is 2. The Morgan fingerprint density at radius 2 is 1.67 bits per heavy atom. The summed E-state index contributed by atoms with van der Waals surface area (Å²) in [5.74, 6) is 1.73. The monoisotopic (exact) mass is 426 g/mol. The molecule has 30 heavy (non-hydrogen) atoms. The lowest BCUT2D eigenvalue weighted by molar-refractivity contribution is -0.120. The molecule has 0 aromatic heterocycles. The lowest BCUT2D eigenvalue weighted by Gasteiger charge is -2.20. The van der Waals surface area contributed by atoms with E-state index in [0.29, 0.717) is 30.4 Å². The number of hydrogen-bond acceptors (Lipinski definition) is 5. The highest BCUT2D eigenvalue weighted by Gasteiger charge is 2.21. The van der Waals surface area contributed by atoms with E-state index in [-0.39, 0.29) is 23.5 Å². The van der Waals surface area contributed by atoms with Crippen molar-refractivity contribution in [3.63, 3.8) is 0 Å². The number of anilines is 2. The van der Waals surface area contributed by atoms with Crippen molar-refractivity contribution in [2.75, 3.05) is 29.6 Å². The third-order valence-electron chi connectivity index (χ3n) is 5.27. The molecule has 0 saturated heterocycles. The zero-order valence-electron chi connectivity index (χ0n) is 16.8. The molecule has 158 valence electrons. The van der Waals surface area contributed by atoms with Gasteiger partial charge in [0.2, 0.25) is 11.8 Å². The van der Waals surface area contributed by atoms with Crippen LogP contribution in [0.3, 0.4) is 0 Å². The fourth-order valence-corrected chi connectivity index (χ4v) is 4.49. The van der Waals surface area contributed by atoms with E-state index in [9.17, 15) is 9.59 Å². The van der Waals surface area contributed by atoms with Gasteiger partial charge in [0.05, 0.1) is 5.75 Å². The summed E-state index contributed by atoms with van der Waals surface area (Å²) in [6, 6.07) is 13.0. The maximum atomic E-state index is 12.4. The van der Waals surface area contributed by atoms with Gasteiger partial charge in [-0.1, -0.05) is 25.3 Å². The minimum Gasteiger partial charge on any atom is -0.486 e. The number of fused-ring (bicyclic) bond motifs is 1. The third-order valence-corrected chi connectivity index (χ3v) is 6.27. The van der Waals surface area contributed by atoms with Gasteiger partial charge in [0.15, 0.2) is 11.5 Å². The zero-order chi connectivity index (χ0) is 20.8. The quantitative estimate of drug-likeness (QED) is 0.655. The van der Waals surface area contributed by atoms with E-state index >= 15 is 0 Å². The van der Waals surface area contributed by atoms with Gasteiger partial charge in [0.25, 0.3) is 0 Å². The van der Waals surface area contributed by atoms with E-state index < -0.39 is 0 Å². The van der Waals surface area contributed by atoms with Crippen LogP contribution in [0, 0.1) is 5.92 Å². The van der Waals surface area contributed by atoms with Gasteiger partial charge < -0.3 is 20.1 Å². The molecule has 4 rings (SSSR count). The van der Waals surface area contributed by atoms with Crippen LogP contribution in [0.2, 0.25) is 0 Å². The number of benzene rings is 2. The highest BCUT2D eigenvalue weighted by Crippen LogP contribution is 2.33. The second kappa shape index (κ2) is 9.89. The maximum Gasteiger partial charge on any atom is 0.234 e. The molecule has 2 N–H and O–H groups in total. The number of rotatable bonds is 6. The van der Waals surface area contributed by atoms with E-state index in [1.54, 1.807) is 18.2 Å². The van der Waals surface area contributed by atoms with Gasteiger partial charge in [0, 0.05) is 28.3 Å². The van der Waals surface area contributed by atoms with E-state index in [0.717, 1.165) is 36.3 Å². The number of hydrogen-bond donors (Lipinski definition) is 2. The van der Waals surface area contributed by atoms with E-state index in [2.05, 4.69) is 10.6 Å². The molecule has 1 aliphatic heterocycles. The van der Waals surface area contributed by atoms with Gasteiger partial charge in [-0.25, -0.2) is 0 Å². The molecule has 6 nitrogen and oxygen atoms in total. The Kier molecular flexibility index (Phi) is 6.79. The van der Waals surface area contributed by atoms with Crippen molar-refractivity contribution in [3.8, 4) is 11.5 Å². The van der Waals surface area contributed by atoms with Gasteiger partial charge in [-0.05, 0) is 43.2 Å². The minimum absolute atomic E-state index is 0.103. The van der Waals surface area contributed by atoms with Crippen LogP contribution in [-0.2, 0) is 9.59 Å². The van der Waals surface area contributed by atoms with Gasteiger partial charge in [-0.3, -0.25) is 9.59 Å². The zero-order valence-corrected chi connectivity index (χ0v) is 17.6. The predicted octanol–water partition coefficient (Wildman–Crippen LogP) is 4.71. The SMILES string of the molecule is O=C(CSc1cccc(NC(=O)C2CCCCC2)c1)Nc1ccc2c(c1)OCCO2. The van der Waals surface area contributed by atoms with Crippen molar-refractivity contribution < 1.29 is 19.1 Å². The summed E-state index contributed by atoms with van der Waals surface area (Å²) in [7, 11) is 0. The highest BCUT2D eigenvalue weighted by atomic mass is 32.2. The van der Waals surface area contributed by atoms with Crippen molar-refractivity contribution in [3.05, 3.63) is 42.5 Å². The third kappa shape index (κ3) is 5.48. The van der Waals surface area contributed by atoms with Crippen molar-refractivity contribution in [1.29, 1.82) is 0 Å². The Morgan fingerprint density at radius 1 is 0.900 bits per heavy atom. The van der Waals surface area contributed by atoms with E-state index in [1.807, 2.05) is 24.3 Å². The summed E-state index contributed by atoms with van der Waals surface area (Å²) in [4.78, 5) is 25.7. The van der Waals surface area contributed by atoms with Gasteiger partial charge in [0.1, 0.15) is 13.2 Å². The maximum absolute atomic E-state index is 12.4. The first-order valence-electron chi connectivity index (χ1n) is 10.4. The fraction of sp³-hybridized carbons (Fsp3) is 0.391. The summed E-state index contributed by atoms with van der Waals surface area (Å²) in [5, 5.41) is 5.92. The molecule has 1 heterocycles. The molecule has 2 aliphatic rings. The molecule has 1 aliphatic carbocycles. The Morgan fingerprint density at radius 3 is 2.50 bits per heavy atom. The molecule has 2 amide bonds. The minimum atomic E-state index is -0.103. The van der Waals surface area contributed by atoms with Crippen LogP contribution in [0.5, 0.6) is 11.5 Å². The number of thioether (sulfide) groups is 1. The number of ether oxygens (including phenoxy) is 2. The standard InChI is InChI=1S/C23H26N2O4S/c26-22(24-18-9-10-20-21(14-18)29-12-11-28-20)15-30-19-8-4-7-17(13-19)25-23(27)16-5-2-1-3-6-16/h4,7-10,13-14,16H,1-3,5-6,11-12,15H2,(H,24,26)(H,25,27). The Labute approximate surface area is 180 Å². The molecule has 0 bridgehead atoms. The van der Waals surface area contributed by atoms with E-state index in [4.69, 9.17) is 9.47 Å². The van der Waals surface area contributed by atoms with E-state index in [1.165, 1.54) is 18.2 Å². The average Bonchev–Trinajstić information content (AvgIpc) is 2.78. The van der Waals surface area contributed by atoms with Crippen LogP contribution in [-0.4, -0.2) is 30.8 Å². The van der Waals surface area contributed by atoms with Crippen LogP contribution in [0.25, 0.3) is 0 Å². The molecule has 2 aromatic rings. The first-order chi connectivity index (χ1) is 14.7. The van der Waals surface area contributed by atoms with Gasteiger partial charge >= 0.3 is 0 Å². The summed E-state index contributed by atoms with van der Waals surface area (Å²) in [5.41, 5.74) is 1.46. The van der Waals surface area contributed by atoms with Crippen LogP contribution < -0.4 is 20.1 Å². The van der Waals surface area contributed by atoms with Crippen LogP contribution in [0.1, 0.15) is 32.1 Å². The second-order valence-corrected chi connectivity index (χ2v) is 8.60. The predicted molar refractivity (Wildman–Crippen MR) is 118 cm³/mol. The molecule has 1 saturated carbocycles. The lowest BCUT2D eigenvalue weighted by atomic mass is 9.88. The second-order valence-electron chi connectivity index (χ2n) is 7.55. The Hall–Kier alpha value is -2.67. The fourth-order valence-electron chi connectivity index (χ4n) is 3.74.